The largest absolute Gasteiger partial charge is 0.339 e. The van der Waals surface area contributed by atoms with Crippen molar-refractivity contribution in [2.24, 2.45) is 5.92 Å². The normalized spacial score (nSPS) is 21.0. The van der Waals surface area contributed by atoms with E-state index in [1.54, 1.807) is 11.0 Å². The Hall–Kier alpha value is -1.52. The van der Waals surface area contributed by atoms with Crippen LogP contribution in [0, 0.1) is 5.92 Å². The monoisotopic (exact) mass is 380 g/mol. The van der Waals surface area contributed by atoms with Crippen molar-refractivity contribution in [3.8, 4) is 0 Å². The molecule has 1 aromatic carbocycles. The highest BCUT2D eigenvalue weighted by atomic mass is 35.5. The summed E-state index contributed by atoms with van der Waals surface area (Å²) in [6.45, 7) is 7.43. The van der Waals surface area contributed by atoms with Crippen LogP contribution in [-0.4, -0.2) is 41.2 Å². The van der Waals surface area contributed by atoms with Crippen molar-refractivity contribution in [3.05, 3.63) is 46.0 Å². The zero-order valence-electron chi connectivity index (χ0n) is 14.3. The fraction of sp³-hybridized carbons (Fsp3) is 0.474. The number of benzene rings is 1. The Morgan fingerprint density at radius 2 is 1.88 bits per heavy atom. The Morgan fingerprint density at radius 3 is 2.52 bits per heavy atom. The SMILES string of the molecule is C=CC(=O)N1CCC(C(=O)N2CCc3cc(Cl)cc(Cl)c3C2C)CC1. The molecule has 2 heterocycles. The first kappa shape index (κ1) is 18.3. The molecule has 0 N–H and O–H groups in total. The number of likely N-dealkylation sites (tertiary alicyclic amines) is 1. The summed E-state index contributed by atoms with van der Waals surface area (Å²) in [4.78, 5) is 28.4. The molecule has 2 aliphatic heterocycles. The zero-order chi connectivity index (χ0) is 18.1. The predicted octanol–water partition coefficient (Wildman–Crippen LogP) is 3.86. The van der Waals surface area contributed by atoms with Crippen LogP contribution in [0.5, 0.6) is 0 Å². The Kier molecular flexibility index (Phi) is 5.40. The fourth-order valence-corrected chi connectivity index (χ4v) is 4.61. The maximum absolute atomic E-state index is 13.0. The maximum atomic E-state index is 13.0. The first-order chi connectivity index (χ1) is 11.9. The average molecular weight is 381 g/mol. The average Bonchev–Trinajstić information content (AvgIpc) is 2.60. The number of hydrogen-bond acceptors (Lipinski definition) is 2. The van der Waals surface area contributed by atoms with Gasteiger partial charge in [-0.05, 0) is 55.5 Å². The van der Waals surface area contributed by atoms with Crippen molar-refractivity contribution >= 4 is 35.0 Å². The van der Waals surface area contributed by atoms with Gasteiger partial charge in [0.25, 0.3) is 0 Å². The molecule has 0 saturated carbocycles. The Bertz CT molecular complexity index is 712. The maximum Gasteiger partial charge on any atom is 0.245 e. The van der Waals surface area contributed by atoms with Crippen molar-refractivity contribution in [1.29, 1.82) is 0 Å². The molecule has 0 aromatic heterocycles. The molecule has 134 valence electrons. The number of rotatable bonds is 2. The van der Waals surface area contributed by atoms with Gasteiger partial charge in [-0.25, -0.2) is 0 Å². The van der Waals surface area contributed by atoms with Gasteiger partial charge in [0, 0.05) is 35.6 Å². The molecule has 1 unspecified atom stereocenters. The van der Waals surface area contributed by atoms with Crippen molar-refractivity contribution < 1.29 is 9.59 Å². The van der Waals surface area contributed by atoms with Gasteiger partial charge in [0.05, 0.1) is 6.04 Å². The summed E-state index contributed by atoms with van der Waals surface area (Å²) in [5.74, 6) is 0.0636. The van der Waals surface area contributed by atoms with E-state index in [1.807, 2.05) is 17.9 Å². The second-order valence-electron chi connectivity index (χ2n) is 6.72. The molecular weight excluding hydrogens is 359 g/mol. The quantitative estimate of drug-likeness (QED) is 0.730. The number of carbonyl (C=O) groups excluding carboxylic acids is 2. The van der Waals surface area contributed by atoms with Crippen LogP contribution < -0.4 is 0 Å². The second kappa shape index (κ2) is 7.38. The Morgan fingerprint density at radius 1 is 1.20 bits per heavy atom. The van der Waals surface area contributed by atoms with Gasteiger partial charge < -0.3 is 9.80 Å². The molecule has 25 heavy (non-hydrogen) atoms. The van der Waals surface area contributed by atoms with Crippen LogP contribution in [0.4, 0.5) is 0 Å². The topological polar surface area (TPSA) is 40.6 Å². The standard InChI is InChI=1S/C19H22Cl2N2O2/c1-3-17(24)22-7-4-13(5-8-22)19(25)23-9-6-14-10-15(20)11-16(21)18(14)12(23)2/h3,10-13H,1,4-9H2,2H3. The molecule has 0 radical (unpaired) electrons. The highest BCUT2D eigenvalue weighted by Crippen LogP contribution is 2.38. The minimum atomic E-state index is -0.0612. The van der Waals surface area contributed by atoms with Crippen molar-refractivity contribution in [3.63, 3.8) is 0 Å². The van der Waals surface area contributed by atoms with Crippen molar-refractivity contribution in [2.75, 3.05) is 19.6 Å². The van der Waals surface area contributed by atoms with Crippen LogP contribution in [0.2, 0.25) is 10.0 Å². The van der Waals surface area contributed by atoms with Crippen molar-refractivity contribution in [1.82, 2.24) is 9.80 Å². The minimum absolute atomic E-state index is 0.0380. The van der Waals surface area contributed by atoms with Crippen LogP contribution >= 0.6 is 23.2 Å². The number of fused-ring (bicyclic) bond motifs is 1. The molecule has 1 fully saturated rings. The fourth-order valence-electron chi connectivity index (χ4n) is 3.91. The second-order valence-corrected chi connectivity index (χ2v) is 7.57. The summed E-state index contributed by atoms with van der Waals surface area (Å²) >= 11 is 12.5. The van der Waals surface area contributed by atoms with Gasteiger partial charge in [-0.2, -0.15) is 0 Å². The molecule has 0 aliphatic carbocycles. The van der Waals surface area contributed by atoms with E-state index < -0.39 is 0 Å². The summed E-state index contributed by atoms with van der Waals surface area (Å²) in [5.41, 5.74) is 2.13. The molecule has 1 aromatic rings. The van der Waals surface area contributed by atoms with Crippen LogP contribution in [0.1, 0.15) is 36.9 Å². The lowest BCUT2D eigenvalue weighted by molar-refractivity contribution is -0.141. The number of carbonyl (C=O) groups is 2. The van der Waals surface area contributed by atoms with E-state index in [1.165, 1.54) is 6.08 Å². The molecule has 0 bridgehead atoms. The van der Waals surface area contributed by atoms with Crippen LogP contribution in [0.15, 0.2) is 24.8 Å². The van der Waals surface area contributed by atoms with Crippen LogP contribution in [-0.2, 0) is 16.0 Å². The highest BCUT2D eigenvalue weighted by Gasteiger charge is 2.35. The van der Waals surface area contributed by atoms with Gasteiger partial charge in [0.2, 0.25) is 11.8 Å². The molecule has 0 spiro atoms. The van der Waals surface area contributed by atoms with E-state index in [4.69, 9.17) is 23.2 Å². The van der Waals surface area contributed by atoms with E-state index in [0.29, 0.717) is 42.5 Å². The smallest absolute Gasteiger partial charge is 0.245 e. The zero-order valence-corrected chi connectivity index (χ0v) is 15.8. The van der Waals surface area contributed by atoms with E-state index in [9.17, 15) is 9.59 Å². The van der Waals surface area contributed by atoms with Gasteiger partial charge in [-0.3, -0.25) is 9.59 Å². The molecule has 4 nitrogen and oxygen atoms in total. The molecule has 1 atom stereocenters. The summed E-state index contributed by atoms with van der Waals surface area (Å²) in [7, 11) is 0. The molecule has 6 heteroatoms. The molecule has 2 amide bonds. The summed E-state index contributed by atoms with van der Waals surface area (Å²) in [6.07, 6.45) is 3.49. The number of halogens is 2. The van der Waals surface area contributed by atoms with E-state index in [-0.39, 0.29) is 23.8 Å². The summed E-state index contributed by atoms with van der Waals surface area (Å²) in [5, 5.41) is 1.26. The summed E-state index contributed by atoms with van der Waals surface area (Å²) in [6, 6.07) is 3.63. The highest BCUT2D eigenvalue weighted by molar-refractivity contribution is 6.35. The Labute approximate surface area is 158 Å². The molecule has 2 aliphatic rings. The van der Waals surface area contributed by atoms with E-state index in [2.05, 4.69) is 6.58 Å². The van der Waals surface area contributed by atoms with Crippen molar-refractivity contribution in [2.45, 2.75) is 32.2 Å². The number of amides is 2. The lowest BCUT2D eigenvalue weighted by Crippen LogP contribution is -2.46. The number of hydrogen-bond donors (Lipinski definition) is 0. The van der Waals surface area contributed by atoms with Crippen LogP contribution in [0.3, 0.4) is 0 Å². The number of nitrogens with zero attached hydrogens (tertiary/aromatic N) is 2. The molecular formula is C19H22Cl2N2O2. The Balaban J connectivity index is 1.72. The van der Waals surface area contributed by atoms with Gasteiger partial charge >= 0.3 is 0 Å². The molecule has 1 saturated heterocycles. The summed E-state index contributed by atoms with van der Waals surface area (Å²) < 4.78 is 0. The van der Waals surface area contributed by atoms with Gasteiger partial charge in [0.15, 0.2) is 0 Å². The minimum Gasteiger partial charge on any atom is -0.339 e. The predicted molar refractivity (Wildman–Crippen MR) is 99.8 cm³/mol. The third kappa shape index (κ3) is 3.56. The van der Waals surface area contributed by atoms with E-state index >= 15 is 0 Å². The van der Waals surface area contributed by atoms with Gasteiger partial charge in [-0.1, -0.05) is 29.8 Å². The third-order valence-corrected chi connectivity index (χ3v) is 5.83. The lowest BCUT2D eigenvalue weighted by atomic mass is 9.89. The van der Waals surface area contributed by atoms with Gasteiger partial charge in [0.1, 0.15) is 0 Å². The first-order valence-corrected chi connectivity index (χ1v) is 9.37. The van der Waals surface area contributed by atoms with Crippen LogP contribution in [0.25, 0.3) is 0 Å². The first-order valence-electron chi connectivity index (χ1n) is 8.62. The van der Waals surface area contributed by atoms with E-state index in [0.717, 1.165) is 17.5 Å². The third-order valence-electron chi connectivity index (χ3n) is 5.30. The molecule has 3 rings (SSSR count). The lowest BCUT2D eigenvalue weighted by Gasteiger charge is -2.40. The van der Waals surface area contributed by atoms with Gasteiger partial charge in [-0.15, -0.1) is 0 Å². The number of piperidine rings is 1.